The molecule has 0 fully saturated rings. The maximum absolute atomic E-state index is 13.4. The van der Waals surface area contributed by atoms with Crippen LogP contribution in [0, 0.1) is 0 Å². The Morgan fingerprint density at radius 1 is 1.03 bits per heavy atom. The SMILES string of the molecule is CC(C)(C)c1nc2ccc(Br)cc2c(=O)n1N=Cc1cc(Cl)ccc1OCc1ccc(Cl)cc1. The van der Waals surface area contributed by atoms with Gasteiger partial charge in [-0.15, -0.1) is 0 Å². The lowest BCUT2D eigenvalue weighted by molar-refractivity contribution is 0.306. The topological polar surface area (TPSA) is 56.5 Å². The molecule has 0 spiro atoms. The van der Waals surface area contributed by atoms with Crippen LogP contribution in [0.5, 0.6) is 5.75 Å². The summed E-state index contributed by atoms with van der Waals surface area (Å²) in [4.78, 5) is 18.1. The van der Waals surface area contributed by atoms with Crippen molar-refractivity contribution in [2.75, 3.05) is 0 Å². The fraction of sp³-hybridized carbons (Fsp3) is 0.192. The number of halogens is 3. The Morgan fingerprint density at radius 2 is 1.74 bits per heavy atom. The second kappa shape index (κ2) is 9.90. The van der Waals surface area contributed by atoms with E-state index >= 15 is 0 Å². The summed E-state index contributed by atoms with van der Waals surface area (Å²) in [5, 5.41) is 6.21. The maximum atomic E-state index is 13.4. The van der Waals surface area contributed by atoms with Crippen LogP contribution in [-0.2, 0) is 12.0 Å². The number of rotatable bonds is 5. The number of aromatic nitrogens is 2. The molecule has 0 unspecified atom stereocenters. The molecule has 0 saturated heterocycles. The van der Waals surface area contributed by atoms with Crippen molar-refractivity contribution in [1.82, 2.24) is 9.66 Å². The van der Waals surface area contributed by atoms with Crippen molar-refractivity contribution in [2.24, 2.45) is 5.10 Å². The highest BCUT2D eigenvalue weighted by Gasteiger charge is 2.23. The van der Waals surface area contributed by atoms with E-state index in [4.69, 9.17) is 32.9 Å². The molecule has 4 rings (SSSR count). The molecule has 0 aliphatic rings. The van der Waals surface area contributed by atoms with E-state index in [0.29, 0.717) is 44.7 Å². The maximum Gasteiger partial charge on any atom is 0.282 e. The van der Waals surface area contributed by atoms with Crippen LogP contribution >= 0.6 is 39.1 Å². The van der Waals surface area contributed by atoms with Crippen molar-refractivity contribution >= 4 is 56.2 Å². The van der Waals surface area contributed by atoms with Gasteiger partial charge in [-0.05, 0) is 54.1 Å². The average molecular weight is 559 g/mol. The van der Waals surface area contributed by atoms with Crippen LogP contribution in [0.4, 0.5) is 0 Å². The zero-order valence-electron chi connectivity index (χ0n) is 18.8. The minimum absolute atomic E-state index is 0.252. The molecule has 1 heterocycles. The van der Waals surface area contributed by atoms with Gasteiger partial charge in [0.25, 0.3) is 5.56 Å². The highest BCUT2D eigenvalue weighted by molar-refractivity contribution is 9.10. The Kier molecular flexibility index (Phi) is 7.12. The predicted octanol–water partition coefficient (Wildman–Crippen LogP) is 7.22. The van der Waals surface area contributed by atoms with Gasteiger partial charge in [-0.3, -0.25) is 4.79 Å². The molecule has 0 bridgehead atoms. The third-order valence-electron chi connectivity index (χ3n) is 5.07. The van der Waals surface area contributed by atoms with Gasteiger partial charge in [0.05, 0.1) is 17.1 Å². The third-order valence-corrected chi connectivity index (χ3v) is 6.05. The van der Waals surface area contributed by atoms with E-state index in [-0.39, 0.29) is 5.56 Å². The van der Waals surface area contributed by atoms with Gasteiger partial charge in [-0.2, -0.15) is 9.78 Å². The minimum Gasteiger partial charge on any atom is -0.488 e. The van der Waals surface area contributed by atoms with Crippen LogP contribution in [0.2, 0.25) is 10.0 Å². The summed E-state index contributed by atoms with van der Waals surface area (Å²) < 4.78 is 8.16. The Bertz CT molecular complexity index is 1440. The molecule has 34 heavy (non-hydrogen) atoms. The van der Waals surface area contributed by atoms with Gasteiger partial charge in [0.15, 0.2) is 0 Å². The van der Waals surface area contributed by atoms with Gasteiger partial charge < -0.3 is 4.74 Å². The molecule has 0 saturated carbocycles. The van der Waals surface area contributed by atoms with Gasteiger partial charge in [-0.25, -0.2) is 4.98 Å². The number of hydrogen-bond acceptors (Lipinski definition) is 4. The smallest absolute Gasteiger partial charge is 0.282 e. The normalized spacial score (nSPS) is 11.9. The molecular weight excluding hydrogens is 537 g/mol. The highest BCUT2D eigenvalue weighted by atomic mass is 79.9. The van der Waals surface area contributed by atoms with E-state index < -0.39 is 5.41 Å². The predicted molar refractivity (Wildman–Crippen MR) is 143 cm³/mol. The van der Waals surface area contributed by atoms with E-state index in [1.54, 1.807) is 30.5 Å². The monoisotopic (exact) mass is 557 g/mol. The summed E-state index contributed by atoms with van der Waals surface area (Å²) in [5.74, 6) is 1.14. The summed E-state index contributed by atoms with van der Waals surface area (Å²) in [7, 11) is 0. The van der Waals surface area contributed by atoms with Gasteiger partial charge in [0, 0.05) is 25.5 Å². The van der Waals surface area contributed by atoms with E-state index in [9.17, 15) is 4.79 Å². The molecule has 4 aromatic rings. The molecule has 5 nitrogen and oxygen atoms in total. The quantitative estimate of drug-likeness (QED) is 0.243. The van der Waals surface area contributed by atoms with E-state index in [1.807, 2.05) is 57.2 Å². The largest absolute Gasteiger partial charge is 0.488 e. The number of benzene rings is 3. The third kappa shape index (κ3) is 5.52. The molecule has 0 aliphatic carbocycles. The molecule has 8 heteroatoms. The number of fused-ring (bicyclic) bond motifs is 1. The summed E-state index contributed by atoms with van der Waals surface area (Å²) in [6.45, 7) is 6.32. The van der Waals surface area contributed by atoms with Crippen LogP contribution in [-0.4, -0.2) is 15.9 Å². The molecule has 0 atom stereocenters. The van der Waals surface area contributed by atoms with Crippen LogP contribution in [0.15, 0.2) is 75.0 Å². The Labute approximate surface area is 216 Å². The molecule has 0 amide bonds. The Morgan fingerprint density at radius 3 is 2.44 bits per heavy atom. The fourth-order valence-electron chi connectivity index (χ4n) is 3.35. The first-order valence-corrected chi connectivity index (χ1v) is 12.1. The van der Waals surface area contributed by atoms with Crippen molar-refractivity contribution in [3.8, 4) is 5.75 Å². The van der Waals surface area contributed by atoms with Crippen LogP contribution in [0.3, 0.4) is 0 Å². The standard InChI is InChI=1S/C26H22BrCl2N3O2/c1-26(2,3)25-31-22-10-6-18(27)13-21(22)24(33)32(25)30-14-17-12-20(29)9-11-23(17)34-15-16-4-7-19(28)8-5-16/h4-14H,15H2,1-3H3. The van der Waals surface area contributed by atoms with Crippen LogP contribution < -0.4 is 10.3 Å². The first kappa shape index (κ1) is 24.5. The van der Waals surface area contributed by atoms with E-state index in [0.717, 1.165) is 10.0 Å². The van der Waals surface area contributed by atoms with Crippen LogP contribution in [0.1, 0.15) is 37.7 Å². The minimum atomic E-state index is -0.417. The van der Waals surface area contributed by atoms with Gasteiger partial charge in [0.1, 0.15) is 18.2 Å². The first-order valence-electron chi connectivity index (χ1n) is 10.6. The summed E-state index contributed by atoms with van der Waals surface area (Å²) in [6, 6.07) is 18.2. The summed E-state index contributed by atoms with van der Waals surface area (Å²) in [6.07, 6.45) is 1.57. The van der Waals surface area contributed by atoms with Crippen molar-refractivity contribution in [2.45, 2.75) is 32.8 Å². The first-order chi connectivity index (χ1) is 16.1. The number of ether oxygens (including phenoxy) is 1. The molecule has 0 N–H and O–H groups in total. The van der Waals surface area contributed by atoms with Gasteiger partial charge in [0.2, 0.25) is 0 Å². The lowest BCUT2D eigenvalue weighted by Gasteiger charge is -2.21. The van der Waals surface area contributed by atoms with Crippen molar-refractivity contribution < 1.29 is 4.74 Å². The molecular formula is C26H22BrCl2N3O2. The van der Waals surface area contributed by atoms with E-state index in [2.05, 4.69) is 21.0 Å². The number of nitrogens with zero attached hydrogens (tertiary/aromatic N) is 3. The molecule has 174 valence electrons. The van der Waals surface area contributed by atoms with Crippen molar-refractivity contribution in [1.29, 1.82) is 0 Å². The summed E-state index contributed by atoms with van der Waals surface area (Å²) in [5.41, 5.74) is 1.57. The highest BCUT2D eigenvalue weighted by Crippen LogP contribution is 2.25. The second-order valence-corrected chi connectivity index (χ2v) is 10.6. The Balaban J connectivity index is 1.75. The fourth-order valence-corrected chi connectivity index (χ4v) is 4.02. The lowest BCUT2D eigenvalue weighted by Crippen LogP contribution is -2.29. The molecule has 1 aromatic heterocycles. The van der Waals surface area contributed by atoms with E-state index in [1.165, 1.54) is 4.68 Å². The van der Waals surface area contributed by atoms with Gasteiger partial charge in [-0.1, -0.05) is 72.0 Å². The average Bonchev–Trinajstić information content (AvgIpc) is 2.78. The zero-order valence-corrected chi connectivity index (χ0v) is 21.9. The molecule has 3 aromatic carbocycles. The van der Waals surface area contributed by atoms with Crippen LogP contribution in [0.25, 0.3) is 10.9 Å². The number of hydrogen-bond donors (Lipinski definition) is 0. The second-order valence-electron chi connectivity index (χ2n) is 8.81. The lowest BCUT2D eigenvalue weighted by atomic mass is 9.95. The summed E-state index contributed by atoms with van der Waals surface area (Å²) >= 11 is 15.6. The molecule has 0 aliphatic heterocycles. The molecule has 0 radical (unpaired) electrons. The Hall–Kier alpha value is -2.67. The van der Waals surface area contributed by atoms with Crippen molar-refractivity contribution in [3.63, 3.8) is 0 Å². The van der Waals surface area contributed by atoms with Gasteiger partial charge >= 0.3 is 0 Å². The van der Waals surface area contributed by atoms with Crippen molar-refractivity contribution in [3.05, 3.63) is 102 Å². The zero-order chi connectivity index (χ0) is 24.5.